The van der Waals surface area contributed by atoms with E-state index in [1.165, 1.54) is 12.3 Å². The van der Waals surface area contributed by atoms with Gasteiger partial charge in [-0.2, -0.15) is 5.10 Å². The van der Waals surface area contributed by atoms with E-state index < -0.39 is 4.92 Å². The fourth-order valence-electron chi connectivity index (χ4n) is 4.18. The highest BCUT2D eigenvalue weighted by molar-refractivity contribution is 6.33. The van der Waals surface area contributed by atoms with Crippen molar-refractivity contribution < 1.29 is 4.92 Å². The average Bonchev–Trinajstić information content (AvgIpc) is 3.26. The summed E-state index contributed by atoms with van der Waals surface area (Å²) in [6.07, 6.45) is 3.16. The molecule has 6 rings (SSSR count). The molecular formula is C26H14ClN5O2. The predicted octanol–water partition coefficient (Wildman–Crippen LogP) is 6.62. The van der Waals surface area contributed by atoms with Gasteiger partial charge < -0.3 is 0 Å². The first kappa shape index (κ1) is 20.1. The molecule has 6 aromatic rings. The van der Waals surface area contributed by atoms with Crippen LogP contribution in [0.25, 0.3) is 55.1 Å². The lowest BCUT2D eigenvalue weighted by Gasteiger charge is -2.06. The molecule has 0 spiro atoms. The van der Waals surface area contributed by atoms with Gasteiger partial charge in [-0.1, -0.05) is 66.2 Å². The highest BCUT2D eigenvalue weighted by Gasteiger charge is 2.22. The maximum atomic E-state index is 11.8. The van der Waals surface area contributed by atoms with Crippen LogP contribution in [0.2, 0.25) is 5.02 Å². The van der Waals surface area contributed by atoms with Crippen molar-refractivity contribution in [1.29, 1.82) is 0 Å². The first-order chi connectivity index (χ1) is 16.6. The van der Waals surface area contributed by atoms with Crippen LogP contribution in [0.1, 0.15) is 0 Å². The normalized spacial score (nSPS) is 11.3. The van der Waals surface area contributed by atoms with E-state index in [4.69, 9.17) is 21.6 Å². The number of halogens is 1. The standard InChI is InChI=1S/C26H14ClN5O2/c27-21-8-4-3-7-18(21)25-19-12-23(32(33)34)26-20(13-29-31-26)24(19)28-14-22(30-25)17-10-9-15-5-1-2-6-16(15)11-17/h1-14H. The second-order valence-electron chi connectivity index (χ2n) is 7.80. The molecule has 0 fully saturated rings. The van der Waals surface area contributed by atoms with E-state index in [0.29, 0.717) is 38.3 Å². The summed E-state index contributed by atoms with van der Waals surface area (Å²) in [6, 6.07) is 22.8. The zero-order valence-corrected chi connectivity index (χ0v) is 18.3. The first-order valence-electron chi connectivity index (χ1n) is 10.4. The maximum absolute atomic E-state index is 11.8. The van der Waals surface area contributed by atoms with Gasteiger partial charge in [-0.05, 0) is 22.9 Å². The molecule has 0 saturated heterocycles. The number of nitro benzene ring substituents is 1. The summed E-state index contributed by atoms with van der Waals surface area (Å²) >= 11 is 6.56. The summed E-state index contributed by atoms with van der Waals surface area (Å²) in [4.78, 5) is 21.0. The van der Waals surface area contributed by atoms with Gasteiger partial charge in [-0.3, -0.25) is 15.1 Å². The number of hydrogen-bond acceptors (Lipinski definition) is 6. The minimum atomic E-state index is -0.468. The highest BCUT2D eigenvalue weighted by Crippen LogP contribution is 2.38. The Kier molecular flexibility index (Phi) is 4.64. The average molecular weight is 464 g/mol. The Morgan fingerprint density at radius 3 is 2.44 bits per heavy atom. The lowest BCUT2D eigenvalue weighted by atomic mass is 10.0. The van der Waals surface area contributed by atoms with E-state index >= 15 is 0 Å². The van der Waals surface area contributed by atoms with Gasteiger partial charge in [0.25, 0.3) is 5.69 Å². The number of nitro groups is 1. The smallest absolute Gasteiger partial charge is 0.258 e. The van der Waals surface area contributed by atoms with Crippen LogP contribution in [-0.2, 0) is 0 Å². The third-order valence-corrected chi connectivity index (χ3v) is 6.14. The molecule has 0 bridgehead atoms. The Labute approximate surface area is 197 Å². The summed E-state index contributed by atoms with van der Waals surface area (Å²) in [7, 11) is 0. The molecule has 8 heteroatoms. The van der Waals surface area contributed by atoms with Gasteiger partial charge in [-0.15, -0.1) is 5.10 Å². The van der Waals surface area contributed by atoms with Gasteiger partial charge in [-0.25, -0.2) is 4.98 Å². The second-order valence-corrected chi connectivity index (χ2v) is 8.21. The van der Waals surface area contributed by atoms with E-state index in [2.05, 4.69) is 10.2 Å². The summed E-state index contributed by atoms with van der Waals surface area (Å²) in [5.74, 6) is 0. The van der Waals surface area contributed by atoms with Crippen LogP contribution in [0.5, 0.6) is 0 Å². The Bertz CT molecular complexity index is 1770. The van der Waals surface area contributed by atoms with Gasteiger partial charge in [0, 0.05) is 27.6 Å². The van der Waals surface area contributed by atoms with Crippen LogP contribution in [0.4, 0.5) is 5.69 Å². The largest absolute Gasteiger partial charge is 0.298 e. The number of aromatic nitrogens is 4. The van der Waals surface area contributed by atoms with Gasteiger partial charge in [0.2, 0.25) is 0 Å². The van der Waals surface area contributed by atoms with Gasteiger partial charge in [0.05, 0.1) is 39.6 Å². The third kappa shape index (κ3) is 3.22. The molecule has 0 amide bonds. The fourth-order valence-corrected chi connectivity index (χ4v) is 4.41. The van der Waals surface area contributed by atoms with Gasteiger partial charge in [0.15, 0.2) is 5.52 Å². The van der Waals surface area contributed by atoms with Crippen molar-refractivity contribution in [3.05, 3.63) is 100 Å². The molecule has 4 aromatic carbocycles. The number of rotatable bonds is 3. The summed E-state index contributed by atoms with van der Waals surface area (Å²) in [5.41, 5.74) is 3.16. The molecule has 0 aliphatic carbocycles. The minimum Gasteiger partial charge on any atom is -0.258 e. The van der Waals surface area contributed by atoms with E-state index in [1.807, 2.05) is 60.7 Å². The van der Waals surface area contributed by atoms with Gasteiger partial charge in [0.1, 0.15) is 0 Å². The van der Waals surface area contributed by atoms with E-state index in [1.54, 1.807) is 12.3 Å². The van der Waals surface area contributed by atoms with Crippen molar-refractivity contribution in [1.82, 2.24) is 20.2 Å². The number of nitrogens with zero attached hydrogens (tertiary/aromatic N) is 5. The molecule has 0 radical (unpaired) electrons. The van der Waals surface area contributed by atoms with Crippen LogP contribution in [-0.4, -0.2) is 25.1 Å². The van der Waals surface area contributed by atoms with Crippen LogP contribution >= 0.6 is 11.6 Å². The Hall–Kier alpha value is -4.49. The van der Waals surface area contributed by atoms with Crippen LogP contribution < -0.4 is 0 Å². The molecule has 0 aliphatic rings. The lowest BCUT2D eigenvalue weighted by molar-refractivity contribution is -0.383. The minimum absolute atomic E-state index is 0.157. The van der Waals surface area contributed by atoms with Crippen molar-refractivity contribution in [2.45, 2.75) is 0 Å². The monoisotopic (exact) mass is 463 g/mol. The second kappa shape index (κ2) is 7.83. The van der Waals surface area contributed by atoms with E-state index in [9.17, 15) is 10.1 Å². The maximum Gasteiger partial charge on any atom is 0.298 e. The first-order valence-corrected chi connectivity index (χ1v) is 10.8. The zero-order chi connectivity index (χ0) is 23.2. The van der Waals surface area contributed by atoms with Crippen molar-refractivity contribution in [3.63, 3.8) is 0 Å². The van der Waals surface area contributed by atoms with E-state index in [-0.39, 0.29) is 11.2 Å². The molecule has 0 unspecified atom stereocenters. The Morgan fingerprint density at radius 1 is 0.824 bits per heavy atom. The SMILES string of the molecule is O=[N+]([O-])c1cc2c(-c3ccccc3Cl)nc(-c3ccc4ccccc4c3)cnc2c2cnnc12. The molecule has 2 aromatic heterocycles. The molecule has 34 heavy (non-hydrogen) atoms. The number of hydrogen-bond donors (Lipinski definition) is 0. The molecule has 0 atom stereocenters. The van der Waals surface area contributed by atoms with Crippen molar-refractivity contribution in [3.8, 4) is 22.5 Å². The molecule has 162 valence electrons. The van der Waals surface area contributed by atoms with Crippen molar-refractivity contribution in [2.75, 3.05) is 0 Å². The fraction of sp³-hybridized carbons (Fsp3) is 0. The summed E-state index contributed by atoms with van der Waals surface area (Å²) in [6.45, 7) is 0. The third-order valence-electron chi connectivity index (χ3n) is 5.81. The van der Waals surface area contributed by atoms with Crippen LogP contribution in [0.3, 0.4) is 0 Å². The Balaban J connectivity index is 1.75. The number of benzene rings is 4. The molecular weight excluding hydrogens is 450 g/mol. The summed E-state index contributed by atoms with van der Waals surface area (Å²) in [5, 5.41) is 23.4. The molecule has 7 nitrogen and oxygen atoms in total. The molecule has 0 N–H and O–H groups in total. The van der Waals surface area contributed by atoms with Gasteiger partial charge >= 0.3 is 0 Å². The zero-order valence-electron chi connectivity index (χ0n) is 17.5. The van der Waals surface area contributed by atoms with Crippen molar-refractivity contribution >= 4 is 49.9 Å². The number of fused-ring (bicyclic) bond motifs is 4. The van der Waals surface area contributed by atoms with E-state index in [0.717, 1.165) is 16.3 Å². The highest BCUT2D eigenvalue weighted by atomic mass is 35.5. The molecule has 2 heterocycles. The predicted molar refractivity (Wildman–Crippen MR) is 133 cm³/mol. The Morgan fingerprint density at radius 2 is 1.62 bits per heavy atom. The van der Waals surface area contributed by atoms with Crippen LogP contribution in [0.15, 0.2) is 85.2 Å². The van der Waals surface area contributed by atoms with Crippen LogP contribution in [0, 0.1) is 10.1 Å². The number of non-ortho nitro benzene ring substituents is 1. The molecule has 0 saturated carbocycles. The molecule has 0 aliphatic heterocycles. The lowest BCUT2D eigenvalue weighted by Crippen LogP contribution is -1.92. The topological polar surface area (TPSA) is 94.7 Å². The van der Waals surface area contributed by atoms with Crippen molar-refractivity contribution in [2.24, 2.45) is 0 Å². The quantitative estimate of drug-likeness (QED) is 0.216. The summed E-state index contributed by atoms with van der Waals surface area (Å²) < 4.78 is 0.